The van der Waals surface area contributed by atoms with Crippen LogP contribution in [0.4, 0.5) is 0 Å². The van der Waals surface area contributed by atoms with Gasteiger partial charge in [0, 0.05) is 0 Å². The minimum absolute atomic E-state index is 0.0853. The number of rotatable bonds is 16. The molecule has 4 aromatic rings. The smallest absolute Gasteiger partial charge is 0.190 e. The summed E-state index contributed by atoms with van der Waals surface area (Å²) in [6.45, 7) is 9.15. The first-order valence-electron chi connectivity index (χ1n) is 19.9. The predicted octanol–water partition coefficient (Wildman–Crippen LogP) is 7.10. The Morgan fingerprint density at radius 3 is 1.44 bits per heavy atom. The molecule has 4 saturated heterocycles. The Bertz CT molecular complexity index is 1810. The van der Waals surface area contributed by atoms with Gasteiger partial charge in [0.1, 0.15) is 48.8 Å². The number of hydrogen-bond donors (Lipinski definition) is 0. The standard InChI is InChI=1S/C46H54O11/c1-45(2)54-38-36(53-44-42(40(38)55-45)56-46(3,4)57-44)30-51-43-41(50-28-34-23-15-8-16-24-34)39(49-27-33-21-13-7-14-22-33)37(48-26-32-19-11-6-12-20-32)35(52-43)29-47-25-31-17-9-5-10-18-31/h5-24,35-44H,25-30H2,1-4H3/t35-,36-,37+,38+,39+,40+,41-,42-,43?,44-/m1/s1. The van der Waals surface area contributed by atoms with E-state index in [4.69, 9.17) is 52.1 Å². The van der Waals surface area contributed by atoms with Crippen LogP contribution in [0, 0.1) is 0 Å². The summed E-state index contributed by atoms with van der Waals surface area (Å²) in [6.07, 6.45) is -6.08. The van der Waals surface area contributed by atoms with E-state index in [9.17, 15) is 0 Å². The largest absolute Gasteiger partial charge is 0.374 e. The number of benzene rings is 4. The molecule has 1 unspecified atom stereocenters. The monoisotopic (exact) mass is 782 g/mol. The molecule has 11 heteroatoms. The molecule has 0 aromatic heterocycles. The summed E-state index contributed by atoms with van der Waals surface area (Å²) in [5.41, 5.74) is 4.08. The maximum atomic E-state index is 6.91. The molecule has 4 fully saturated rings. The van der Waals surface area contributed by atoms with E-state index in [1.807, 2.05) is 149 Å². The zero-order chi connectivity index (χ0) is 39.2. The van der Waals surface area contributed by atoms with Crippen molar-refractivity contribution >= 4 is 0 Å². The van der Waals surface area contributed by atoms with Gasteiger partial charge in [0.25, 0.3) is 0 Å². The number of fused-ring (bicyclic) bond motifs is 3. The van der Waals surface area contributed by atoms with Crippen LogP contribution in [0.2, 0.25) is 0 Å². The van der Waals surface area contributed by atoms with Crippen molar-refractivity contribution in [3.8, 4) is 0 Å². The van der Waals surface area contributed by atoms with Crippen molar-refractivity contribution in [2.45, 2.75) is 127 Å². The highest BCUT2D eigenvalue weighted by atomic mass is 16.9. The molecule has 0 radical (unpaired) electrons. The van der Waals surface area contributed by atoms with E-state index in [-0.39, 0.29) is 13.2 Å². The van der Waals surface area contributed by atoms with Gasteiger partial charge in [0.2, 0.25) is 0 Å². The van der Waals surface area contributed by atoms with Gasteiger partial charge in [-0.15, -0.1) is 0 Å². The lowest BCUT2D eigenvalue weighted by molar-refractivity contribution is -0.337. The van der Waals surface area contributed by atoms with E-state index in [0.717, 1.165) is 22.3 Å². The first kappa shape index (κ1) is 40.2. The van der Waals surface area contributed by atoms with E-state index in [1.54, 1.807) is 0 Å². The van der Waals surface area contributed by atoms with Gasteiger partial charge < -0.3 is 52.1 Å². The second-order valence-electron chi connectivity index (χ2n) is 15.9. The average Bonchev–Trinajstić information content (AvgIpc) is 3.73. The van der Waals surface area contributed by atoms with Crippen molar-refractivity contribution in [1.29, 1.82) is 0 Å². The van der Waals surface area contributed by atoms with E-state index in [2.05, 4.69) is 0 Å². The third kappa shape index (κ3) is 10.2. The molecule has 4 aliphatic heterocycles. The summed E-state index contributed by atoms with van der Waals surface area (Å²) >= 11 is 0. The van der Waals surface area contributed by atoms with Gasteiger partial charge >= 0.3 is 0 Å². The lowest BCUT2D eigenvalue weighted by Crippen LogP contribution is -2.62. The van der Waals surface area contributed by atoms with Gasteiger partial charge in [-0.3, -0.25) is 0 Å². The summed E-state index contributed by atoms with van der Waals surface area (Å²) < 4.78 is 72.3. The van der Waals surface area contributed by atoms with Crippen LogP contribution < -0.4 is 0 Å². The normalized spacial score (nSPS) is 31.4. The summed E-state index contributed by atoms with van der Waals surface area (Å²) in [7, 11) is 0. The lowest BCUT2D eigenvalue weighted by Gasteiger charge is -2.46. The van der Waals surface area contributed by atoms with E-state index < -0.39 is 73.0 Å². The molecule has 0 amide bonds. The molecule has 4 heterocycles. The highest BCUT2D eigenvalue weighted by Gasteiger charge is 2.61. The Labute approximate surface area is 335 Å². The summed E-state index contributed by atoms with van der Waals surface area (Å²) in [5, 5.41) is 0. The summed E-state index contributed by atoms with van der Waals surface area (Å²) in [5.74, 6) is -1.70. The zero-order valence-electron chi connectivity index (χ0n) is 33.1. The maximum absolute atomic E-state index is 6.91. The molecule has 4 aromatic carbocycles. The fraction of sp³-hybridized carbons (Fsp3) is 0.478. The molecule has 11 nitrogen and oxygen atoms in total. The minimum Gasteiger partial charge on any atom is -0.374 e. The third-order valence-electron chi connectivity index (χ3n) is 10.5. The zero-order valence-corrected chi connectivity index (χ0v) is 33.1. The van der Waals surface area contributed by atoms with Crippen molar-refractivity contribution in [1.82, 2.24) is 0 Å². The van der Waals surface area contributed by atoms with Crippen LogP contribution >= 0.6 is 0 Å². The Morgan fingerprint density at radius 2 is 0.877 bits per heavy atom. The Hall–Kier alpha value is -3.56. The Kier molecular flexibility index (Phi) is 12.8. The molecule has 0 saturated carbocycles. The first-order valence-corrected chi connectivity index (χ1v) is 19.9. The van der Waals surface area contributed by atoms with Crippen LogP contribution in [0.1, 0.15) is 49.9 Å². The Morgan fingerprint density at radius 1 is 0.421 bits per heavy atom. The fourth-order valence-corrected chi connectivity index (χ4v) is 7.90. The molecule has 0 bridgehead atoms. The fourth-order valence-electron chi connectivity index (χ4n) is 7.90. The molecule has 4 aliphatic rings. The molecule has 57 heavy (non-hydrogen) atoms. The van der Waals surface area contributed by atoms with Crippen molar-refractivity contribution < 1.29 is 52.1 Å². The highest BCUT2D eigenvalue weighted by molar-refractivity contribution is 5.16. The number of ether oxygens (including phenoxy) is 11. The lowest BCUT2D eigenvalue weighted by atomic mass is 9.97. The SMILES string of the molecule is CC1(C)O[C@H]2[C@@H](O1)[C@@H](COC1O[C@H](COCc3ccccc3)[C@H](OCc3ccccc3)[C@H](OCc3ccccc3)[C@H]1OCc1ccccc1)O[C@@H]1OC(C)(C)O[C@@H]12. The molecular weight excluding hydrogens is 728 g/mol. The van der Waals surface area contributed by atoms with Crippen molar-refractivity contribution in [3.63, 3.8) is 0 Å². The van der Waals surface area contributed by atoms with Gasteiger partial charge in [0.15, 0.2) is 24.2 Å². The molecule has 0 aliphatic carbocycles. The molecule has 304 valence electrons. The van der Waals surface area contributed by atoms with Gasteiger partial charge in [-0.2, -0.15) is 0 Å². The molecule has 10 atom stereocenters. The van der Waals surface area contributed by atoms with Crippen LogP contribution in [0.25, 0.3) is 0 Å². The second-order valence-corrected chi connectivity index (χ2v) is 15.9. The van der Waals surface area contributed by atoms with Gasteiger partial charge in [-0.1, -0.05) is 121 Å². The van der Waals surface area contributed by atoms with Crippen molar-refractivity contribution in [2.75, 3.05) is 13.2 Å². The van der Waals surface area contributed by atoms with Crippen LogP contribution in [-0.2, 0) is 78.5 Å². The van der Waals surface area contributed by atoms with Crippen LogP contribution in [0.3, 0.4) is 0 Å². The molecule has 0 N–H and O–H groups in total. The summed E-state index contributed by atoms with van der Waals surface area (Å²) in [4.78, 5) is 0. The van der Waals surface area contributed by atoms with Crippen molar-refractivity contribution in [2.24, 2.45) is 0 Å². The minimum atomic E-state index is -0.913. The van der Waals surface area contributed by atoms with Crippen LogP contribution in [-0.4, -0.2) is 86.2 Å². The van der Waals surface area contributed by atoms with Gasteiger partial charge in [-0.05, 0) is 49.9 Å². The quantitative estimate of drug-likeness (QED) is 0.116. The van der Waals surface area contributed by atoms with E-state index >= 15 is 0 Å². The highest BCUT2D eigenvalue weighted by Crippen LogP contribution is 2.44. The third-order valence-corrected chi connectivity index (χ3v) is 10.5. The summed E-state index contributed by atoms with van der Waals surface area (Å²) in [6, 6.07) is 40.2. The molecule has 0 spiro atoms. The van der Waals surface area contributed by atoms with Crippen molar-refractivity contribution in [3.05, 3.63) is 144 Å². The van der Waals surface area contributed by atoms with Crippen LogP contribution in [0.15, 0.2) is 121 Å². The molecule has 8 rings (SSSR count). The average molecular weight is 783 g/mol. The number of hydrogen-bond acceptors (Lipinski definition) is 11. The topological polar surface area (TPSA) is 102 Å². The Balaban J connectivity index is 1.09. The predicted molar refractivity (Wildman–Crippen MR) is 208 cm³/mol. The van der Waals surface area contributed by atoms with Crippen LogP contribution in [0.5, 0.6) is 0 Å². The van der Waals surface area contributed by atoms with E-state index in [0.29, 0.717) is 26.4 Å². The van der Waals surface area contributed by atoms with E-state index in [1.165, 1.54) is 0 Å². The second kappa shape index (κ2) is 18.1. The first-order chi connectivity index (χ1) is 27.7. The molecular formula is C46H54O11. The van der Waals surface area contributed by atoms with Gasteiger partial charge in [0.05, 0.1) is 39.6 Å². The maximum Gasteiger partial charge on any atom is 0.190 e. The van der Waals surface area contributed by atoms with Gasteiger partial charge in [-0.25, -0.2) is 0 Å².